The molecule has 104 valence electrons. The van der Waals surface area contributed by atoms with Gasteiger partial charge in [0.2, 0.25) is 5.89 Å². The van der Waals surface area contributed by atoms with Crippen LogP contribution in [0.1, 0.15) is 44.9 Å². The third-order valence-electron chi connectivity index (χ3n) is 2.23. The van der Waals surface area contributed by atoms with E-state index < -0.39 is 0 Å². The molecule has 0 saturated heterocycles. The summed E-state index contributed by atoms with van der Waals surface area (Å²) in [6.07, 6.45) is 1.77. The van der Waals surface area contributed by atoms with Crippen molar-refractivity contribution >= 4 is 0 Å². The van der Waals surface area contributed by atoms with Crippen LogP contribution in [0.2, 0.25) is 0 Å². The largest absolute Gasteiger partial charge is 0.381 e. The quantitative estimate of drug-likeness (QED) is 0.674. The van der Waals surface area contributed by atoms with Gasteiger partial charge in [-0.3, -0.25) is 0 Å². The lowest BCUT2D eigenvalue weighted by Gasteiger charge is -2.10. The van der Waals surface area contributed by atoms with Crippen molar-refractivity contribution in [2.75, 3.05) is 19.8 Å². The van der Waals surface area contributed by atoms with Gasteiger partial charge in [0.25, 0.3) is 0 Å². The number of rotatable bonds is 9. The highest BCUT2D eigenvalue weighted by atomic mass is 16.5. The predicted molar refractivity (Wildman–Crippen MR) is 67.1 cm³/mol. The molecule has 2 N–H and O–H groups in total. The fourth-order valence-corrected chi connectivity index (χ4v) is 1.30. The molecule has 0 radical (unpaired) electrons. The first kappa shape index (κ1) is 15.1. The lowest BCUT2D eigenvalue weighted by molar-refractivity contribution is 0.0665. The average Bonchev–Trinajstić information content (AvgIpc) is 2.80. The summed E-state index contributed by atoms with van der Waals surface area (Å²) in [5, 5.41) is 3.85. The van der Waals surface area contributed by atoms with E-state index in [-0.39, 0.29) is 12.1 Å². The highest BCUT2D eigenvalue weighted by Gasteiger charge is 2.14. The van der Waals surface area contributed by atoms with Crippen LogP contribution in [0.3, 0.4) is 0 Å². The fourth-order valence-electron chi connectivity index (χ4n) is 1.30. The Morgan fingerprint density at radius 3 is 2.78 bits per heavy atom. The molecule has 1 aromatic heterocycles. The topological polar surface area (TPSA) is 83.4 Å². The molecular weight excluding hydrogens is 234 g/mol. The van der Waals surface area contributed by atoms with Gasteiger partial charge in [0.15, 0.2) is 5.82 Å². The number of hydrogen-bond donors (Lipinski definition) is 1. The number of nitrogens with two attached hydrogens (primary N) is 1. The second-order valence-electron chi connectivity index (χ2n) is 4.40. The summed E-state index contributed by atoms with van der Waals surface area (Å²) in [5.41, 5.74) is 5.89. The molecule has 1 heterocycles. The first-order valence-corrected chi connectivity index (χ1v) is 6.40. The van der Waals surface area contributed by atoms with Gasteiger partial charge in [-0.1, -0.05) is 12.1 Å². The molecule has 6 heteroatoms. The smallest absolute Gasteiger partial charge is 0.229 e. The molecule has 1 unspecified atom stereocenters. The Kier molecular flexibility index (Phi) is 6.85. The number of nitrogens with zero attached hydrogens (tertiary/aromatic N) is 2. The Balaban J connectivity index is 2.32. The van der Waals surface area contributed by atoms with Crippen LogP contribution < -0.4 is 5.73 Å². The van der Waals surface area contributed by atoms with Gasteiger partial charge in [-0.05, 0) is 20.3 Å². The Bertz CT molecular complexity index is 328. The van der Waals surface area contributed by atoms with Crippen molar-refractivity contribution in [3.63, 3.8) is 0 Å². The zero-order valence-corrected chi connectivity index (χ0v) is 11.4. The van der Waals surface area contributed by atoms with E-state index in [0.29, 0.717) is 31.3 Å². The molecule has 0 aliphatic rings. The van der Waals surface area contributed by atoms with E-state index in [1.54, 1.807) is 0 Å². The van der Waals surface area contributed by atoms with Crippen molar-refractivity contribution in [3.05, 3.63) is 11.7 Å². The van der Waals surface area contributed by atoms with Crippen molar-refractivity contribution < 1.29 is 14.0 Å². The van der Waals surface area contributed by atoms with Gasteiger partial charge in [0.1, 0.15) is 0 Å². The van der Waals surface area contributed by atoms with E-state index in [4.69, 9.17) is 19.7 Å². The molecule has 0 aromatic carbocycles. The van der Waals surface area contributed by atoms with Gasteiger partial charge in [0, 0.05) is 6.61 Å². The van der Waals surface area contributed by atoms with Crippen molar-refractivity contribution in [2.24, 2.45) is 5.73 Å². The zero-order chi connectivity index (χ0) is 13.4. The summed E-state index contributed by atoms with van der Waals surface area (Å²) in [7, 11) is 0. The summed E-state index contributed by atoms with van der Waals surface area (Å²) < 4.78 is 15.9. The van der Waals surface area contributed by atoms with Gasteiger partial charge in [-0.15, -0.1) is 0 Å². The predicted octanol–water partition coefficient (Wildman–Crippen LogP) is 1.46. The van der Waals surface area contributed by atoms with Crippen molar-refractivity contribution in [2.45, 2.75) is 45.8 Å². The minimum Gasteiger partial charge on any atom is -0.381 e. The molecule has 18 heavy (non-hydrogen) atoms. The van der Waals surface area contributed by atoms with Crippen LogP contribution in [0.4, 0.5) is 0 Å². The van der Waals surface area contributed by atoms with Crippen LogP contribution in [0.5, 0.6) is 0 Å². The maximum atomic E-state index is 5.89. The third kappa shape index (κ3) is 5.57. The monoisotopic (exact) mass is 257 g/mol. The van der Waals surface area contributed by atoms with E-state index in [1.165, 1.54) is 0 Å². The summed E-state index contributed by atoms with van der Waals surface area (Å²) in [6.45, 7) is 7.72. The first-order chi connectivity index (χ1) is 8.63. The highest BCUT2D eigenvalue weighted by molar-refractivity contribution is 4.93. The van der Waals surface area contributed by atoms with Gasteiger partial charge >= 0.3 is 0 Å². The maximum Gasteiger partial charge on any atom is 0.229 e. The molecule has 0 saturated carbocycles. The standard InChI is InChI=1S/C12H23N3O3/c1-4-6-16-7-5-11-14-12(15-18-11)10(13)8-17-9(2)3/h9-10H,4-8,13H2,1-3H3. The zero-order valence-electron chi connectivity index (χ0n) is 11.4. The molecule has 0 aliphatic heterocycles. The fraction of sp³-hybridized carbons (Fsp3) is 0.833. The van der Waals surface area contributed by atoms with Crippen molar-refractivity contribution in [3.8, 4) is 0 Å². The molecule has 0 amide bonds. The first-order valence-electron chi connectivity index (χ1n) is 6.40. The van der Waals surface area contributed by atoms with Crippen molar-refractivity contribution in [1.29, 1.82) is 0 Å². The van der Waals surface area contributed by atoms with Crippen LogP contribution in [0.25, 0.3) is 0 Å². The van der Waals surface area contributed by atoms with Crippen LogP contribution in [0.15, 0.2) is 4.52 Å². The maximum absolute atomic E-state index is 5.89. The molecule has 0 bridgehead atoms. The molecule has 1 aromatic rings. The van der Waals surface area contributed by atoms with E-state index in [0.717, 1.165) is 13.0 Å². The van der Waals surface area contributed by atoms with Gasteiger partial charge in [-0.2, -0.15) is 4.98 Å². The minimum atomic E-state index is -0.346. The third-order valence-corrected chi connectivity index (χ3v) is 2.23. The van der Waals surface area contributed by atoms with Gasteiger partial charge < -0.3 is 19.7 Å². The minimum absolute atomic E-state index is 0.143. The Hall–Kier alpha value is -0.980. The highest BCUT2D eigenvalue weighted by Crippen LogP contribution is 2.08. The molecule has 0 fully saturated rings. The average molecular weight is 257 g/mol. The Labute approximate surface area is 108 Å². The number of aromatic nitrogens is 2. The lowest BCUT2D eigenvalue weighted by atomic mass is 10.3. The van der Waals surface area contributed by atoms with Crippen LogP contribution >= 0.6 is 0 Å². The van der Waals surface area contributed by atoms with Crippen LogP contribution in [-0.2, 0) is 15.9 Å². The normalized spacial score (nSPS) is 13.2. The van der Waals surface area contributed by atoms with Crippen LogP contribution in [0, 0.1) is 0 Å². The summed E-state index contributed by atoms with van der Waals surface area (Å²) in [5.74, 6) is 1.04. The molecule has 1 rings (SSSR count). The van der Waals surface area contributed by atoms with E-state index in [2.05, 4.69) is 17.1 Å². The molecule has 6 nitrogen and oxygen atoms in total. The summed E-state index contributed by atoms with van der Waals surface area (Å²) in [6, 6.07) is -0.346. The Morgan fingerprint density at radius 2 is 2.11 bits per heavy atom. The SMILES string of the molecule is CCCOCCc1nc(C(N)COC(C)C)no1. The lowest BCUT2D eigenvalue weighted by Crippen LogP contribution is -2.20. The van der Waals surface area contributed by atoms with Crippen molar-refractivity contribution in [1.82, 2.24) is 10.1 Å². The number of ether oxygens (including phenoxy) is 2. The van der Waals surface area contributed by atoms with E-state index in [9.17, 15) is 0 Å². The Morgan fingerprint density at radius 1 is 1.33 bits per heavy atom. The van der Waals surface area contributed by atoms with Gasteiger partial charge in [0.05, 0.1) is 31.8 Å². The molecule has 0 spiro atoms. The molecular formula is C12H23N3O3. The second-order valence-corrected chi connectivity index (χ2v) is 4.40. The van der Waals surface area contributed by atoms with E-state index >= 15 is 0 Å². The second kappa shape index (κ2) is 8.18. The summed E-state index contributed by atoms with van der Waals surface area (Å²) in [4.78, 5) is 4.22. The van der Waals surface area contributed by atoms with Crippen LogP contribution in [-0.4, -0.2) is 36.1 Å². The summed E-state index contributed by atoms with van der Waals surface area (Å²) >= 11 is 0. The van der Waals surface area contributed by atoms with Gasteiger partial charge in [-0.25, -0.2) is 0 Å². The van der Waals surface area contributed by atoms with E-state index in [1.807, 2.05) is 13.8 Å². The number of hydrogen-bond acceptors (Lipinski definition) is 6. The molecule has 0 aliphatic carbocycles. The molecule has 1 atom stereocenters.